The number of nitrogens with one attached hydrogen (secondary N) is 1. The zero-order valence-electron chi connectivity index (χ0n) is 8.06. The van der Waals surface area contributed by atoms with E-state index in [2.05, 4.69) is 15.3 Å². The van der Waals surface area contributed by atoms with Crippen LogP contribution in [0.5, 0.6) is 0 Å². The number of carbonyl (C=O) groups excluding carboxylic acids is 2. The first-order chi connectivity index (χ1) is 7.02. The first-order valence-corrected chi connectivity index (χ1v) is 5.00. The van der Waals surface area contributed by atoms with Crippen LogP contribution >= 0.6 is 11.8 Å². The van der Waals surface area contributed by atoms with E-state index in [4.69, 9.17) is 11.5 Å². The molecule has 0 saturated heterocycles. The minimum absolute atomic E-state index is 0.0764. The van der Waals surface area contributed by atoms with Gasteiger partial charge < -0.3 is 16.8 Å². The van der Waals surface area contributed by atoms with Crippen LogP contribution in [0.2, 0.25) is 0 Å². The third-order valence-corrected chi connectivity index (χ3v) is 2.65. The lowest BCUT2D eigenvalue weighted by atomic mass is 10.3. The summed E-state index contributed by atoms with van der Waals surface area (Å²) < 4.78 is 0. The number of rotatable bonds is 2. The van der Waals surface area contributed by atoms with E-state index in [0.717, 1.165) is 11.8 Å². The van der Waals surface area contributed by atoms with Gasteiger partial charge in [0.1, 0.15) is 5.25 Å². The van der Waals surface area contributed by atoms with E-state index in [9.17, 15) is 9.59 Å². The Morgan fingerprint density at radius 2 is 2.33 bits per heavy atom. The summed E-state index contributed by atoms with van der Waals surface area (Å²) in [4.78, 5) is 29.6. The molecule has 0 aromatic rings. The summed E-state index contributed by atoms with van der Waals surface area (Å²) >= 11 is 1.08. The Balaban J connectivity index is 2.60. The molecule has 0 radical (unpaired) electrons. The lowest BCUT2D eigenvalue weighted by Crippen LogP contribution is -2.25. The highest BCUT2D eigenvalue weighted by molar-refractivity contribution is 8.15. The topological polar surface area (TPSA) is 123 Å². The quantitative estimate of drug-likeness (QED) is 0.388. The summed E-state index contributed by atoms with van der Waals surface area (Å²) in [6.45, 7) is 0. The second-order valence-electron chi connectivity index (χ2n) is 2.75. The maximum Gasteiger partial charge on any atom is 0.262 e. The zero-order chi connectivity index (χ0) is 11.4. The average Bonchev–Trinajstić information content (AvgIpc) is 2.45. The van der Waals surface area contributed by atoms with Gasteiger partial charge in [-0.1, -0.05) is 11.8 Å². The SMILES string of the molecule is CNC(=O)C[C@@H]1SC(N=C(N)N)=NC1=O. The highest BCUT2D eigenvalue weighted by Gasteiger charge is 2.30. The summed E-state index contributed by atoms with van der Waals surface area (Å²) in [5.41, 5.74) is 10.3. The van der Waals surface area contributed by atoms with Crippen molar-refractivity contribution >= 4 is 34.7 Å². The third kappa shape index (κ3) is 3.24. The van der Waals surface area contributed by atoms with Crippen LogP contribution in [0.1, 0.15) is 6.42 Å². The van der Waals surface area contributed by atoms with Gasteiger partial charge in [0.2, 0.25) is 5.91 Å². The number of amides is 2. The third-order valence-electron chi connectivity index (χ3n) is 1.60. The Morgan fingerprint density at radius 3 is 2.87 bits per heavy atom. The molecular formula is C7H11N5O2S. The number of nitrogens with two attached hydrogens (primary N) is 2. The smallest absolute Gasteiger partial charge is 0.262 e. The van der Waals surface area contributed by atoms with Crippen molar-refractivity contribution in [1.29, 1.82) is 0 Å². The van der Waals surface area contributed by atoms with Gasteiger partial charge in [0.05, 0.1) is 0 Å². The molecule has 0 aromatic heterocycles. The second kappa shape index (κ2) is 4.78. The van der Waals surface area contributed by atoms with Gasteiger partial charge in [-0.25, -0.2) is 0 Å². The summed E-state index contributed by atoms with van der Waals surface area (Å²) in [7, 11) is 1.50. The van der Waals surface area contributed by atoms with Crippen molar-refractivity contribution in [3.63, 3.8) is 0 Å². The lowest BCUT2D eigenvalue weighted by molar-refractivity contribution is -0.124. The fraction of sp³-hybridized carbons (Fsp3) is 0.429. The lowest BCUT2D eigenvalue weighted by Gasteiger charge is -2.03. The van der Waals surface area contributed by atoms with Crippen molar-refractivity contribution in [1.82, 2.24) is 5.32 Å². The van der Waals surface area contributed by atoms with Crippen molar-refractivity contribution in [3.05, 3.63) is 0 Å². The molecule has 0 spiro atoms. The van der Waals surface area contributed by atoms with Gasteiger partial charge in [0.15, 0.2) is 11.1 Å². The minimum atomic E-state index is -0.525. The summed E-state index contributed by atoms with van der Waals surface area (Å²) in [6, 6.07) is 0. The molecule has 5 N–H and O–H groups in total. The van der Waals surface area contributed by atoms with E-state index in [-0.39, 0.29) is 29.4 Å². The van der Waals surface area contributed by atoms with E-state index < -0.39 is 5.25 Å². The largest absolute Gasteiger partial charge is 0.370 e. The van der Waals surface area contributed by atoms with E-state index in [1.54, 1.807) is 0 Å². The molecule has 0 aliphatic carbocycles. The number of guanidine groups is 1. The first kappa shape index (κ1) is 11.5. The van der Waals surface area contributed by atoms with Crippen LogP contribution in [-0.2, 0) is 9.59 Å². The molecule has 0 saturated carbocycles. The predicted octanol–water partition coefficient (Wildman–Crippen LogP) is -1.61. The van der Waals surface area contributed by atoms with E-state index in [1.807, 2.05) is 0 Å². The van der Waals surface area contributed by atoms with Crippen molar-refractivity contribution in [2.75, 3.05) is 7.05 Å². The van der Waals surface area contributed by atoms with Crippen LogP contribution in [0.15, 0.2) is 9.98 Å². The van der Waals surface area contributed by atoms with Gasteiger partial charge >= 0.3 is 0 Å². The zero-order valence-corrected chi connectivity index (χ0v) is 8.87. The van der Waals surface area contributed by atoms with Gasteiger partial charge in [-0.3, -0.25) is 9.59 Å². The van der Waals surface area contributed by atoms with Gasteiger partial charge in [0.25, 0.3) is 5.91 Å². The maximum absolute atomic E-state index is 11.3. The molecule has 1 heterocycles. The number of hydrogen-bond donors (Lipinski definition) is 3. The minimum Gasteiger partial charge on any atom is -0.370 e. The Hall–Kier alpha value is -1.57. The van der Waals surface area contributed by atoms with Crippen LogP contribution in [0.25, 0.3) is 0 Å². The molecule has 0 aromatic carbocycles. The van der Waals surface area contributed by atoms with Crippen LogP contribution < -0.4 is 16.8 Å². The van der Waals surface area contributed by atoms with Crippen molar-refractivity contribution in [2.24, 2.45) is 21.5 Å². The van der Waals surface area contributed by atoms with Crippen LogP contribution in [-0.4, -0.2) is 35.2 Å². The number of amidine groups is 1. The monoisotopic (exact) mass is 229 g/mol. The Labute approximate surface area is 90.4 Å². The highest BCUT2D eigenvalue weighted by atomic mass is 32.2. The molecule has 2 amide bonds. The Morgan fingerprint density at radius 1 is 1.67 bits per heavy atom. The van der Waals surface area contributed by atoms with Crippen LogP contribution in [0.3, 0.4) is 0 Å². The van der Waals surface area contributed by atoms with Gasteiger partial charge in [-0.15, -0.1) is 0 Å². The summed E-state index contributed by atoms with van der Waals surface area (Å²) in [5, 5.41) is 2.11. The first-order valence-electron chi connectivity index (χ1n) is 4.12. The van der Waals surface area contributed by atoms with Gasteiger partial charge in [0, 0.05) is 13.5 Å². The second-order valence-corrected chi connectivity index (χ2v) is 3.92. The Kier molecular flexibility index (Phi) is 3.67. The molecule has 82 valence electrons. The fourth-order valence-electron chi connectivity index (χ4n) is 0.931. The molecule has 0 unspecified atom stereocenters. The predicted molar refractivity (Wildman–Crippen MR) is 58.3 cm³/mol. The van der Waals surface area contributed by atoms with E-state index in [1.165, 1.54) is 7.05 Å². The number of carbonyl (C=O) groups is 2. The van der Waals surface area contributed by atoms with Gasteiger partial charge in [-0.05, 0) is 0 Å². The molecule has 15 heavy (non-hydrogen) atoms. The molecule has 1 aliphatic rings. The van der Waals surface area contributed by atoms with E-state index in [0.29, 0.717) is 0 Å². The molecule has 1 rings (SSSR count). The normalized spacial score (nSPS) is 19.7. The molecule has 1 atom stereocenters. The number of hydrogen-bond acceptors (Lipinski definition) is 4. The summed E-state index contributed by atoms with van der Waals surface area (Å²) in [6.07, 6.45) is 0.0764. The van der Waals surface area contributed by atoms with Crippen molar-refractivity contribution in [3.8, 4) is 0 Å². The molecule has 8 heteroatoms. The molecule has 0 fully saturated rings. The number of thioether (sulfide) groups is 1. The maximum atomic E-state index is 11.3. The number of nitrogens with zero attached hydrogens (tertiary/aromatic N) is 2. The fourth-order valence-corrected chi connectivity index (χ4v) is 1.87. The molecular weight excluding hydrogens is 218 g/mol. The Bertz CT molecular complexity index is 347. The average molecular weight is 229 g/mol. The van der Waals surface area contributed by atoms with Crippen molar-refractivity contribution < 1.29 is 9.59 Å². The van der Waals surface area contributed by atoms with Gasteiger partial charge in [-0.2, -0.15) is 9.98 Å². The van der Waals surface area contributed by atoms with Crippen molar-refractivity contribution in [2.45, 2.75) is 11.7 Å². The highest BCUT2D eigenvalue weighted by Crippen LogP contribution is 2.25. The molecule has 7 nitrogen and oxygen atoms in total. The van der Waals surface area contributed by atoms with E-state index >= 15 is 0 Å². The number of aliphatic imine (C=N–C) groups is 2. The standard InChI is InChI=1S/C7H11N5O2S/c1-10-4(13)2-3-5(14)11-7(15-3)12-6(8)9/h3H,2H2,1H3,(H,10,13)(H4,8,9,11,12,14)/t3-/m0/s1. The summed E-state index contributed by atoms with van der Waals surface area (Å²) in [5.74, 6) is -0.764. The molecule has 0 bridgehead atoms. The molecule has 1 aliphatic heterocycles. The van der Waals surface area contributed by atoms with Crippen LogP contribution in [0, 0.1) is 0 Å². The van der Waals surface area contributed by atoms with Crippen LogP contribution in [0.4, 0.5) is 0 Å².